The largest absolute Gasteiger partial charge is 0.356 e. The molecule has 0 unspecified atom stereocenters. The normalized spacial score (nSPS) is 10.4. The molecule has 0 fully saturated rings. The predicted molar refractivity (Wildman–Crippen MR) is 120 cm³/mol. The number of pyridine rings is 1. The predicted octanol–water partition coefficient (Wildman–Crippen LogP) is 3.65. The monoisotopic (exact) mass is 447 g/mol. The van der Waals surface area contributed by atoms with E-state index in [1.54, 1.807) is 48.9 Å². The zero-order chi connectivity index (χ0) is 22.5. The summed E-state index contributed by atoms with van der Waals surface area (Å²) in [7, 11) is 0. The van der Waals surface area contributed by atoms with Crippen LogP contribution in [0, 0.1) is 6.92 Å². The average molecular weight is 448 g/mol. The Bertz CT molecular complexity index is 1270. The molecule has 0 aliphatic carbocycles. The van der Waals surface area contributed by atoms with E-state index >= 15 is 0 Å². The van der Waals surface area contributed by atoms with Crippen molar-refractivity contribution in [2.75, 3.05) is 5.32 Å². The Morgan fingerprint density at radius 2 is 1.88 bits per heavy atom. The maximum atomic E-state index is 12.5. The lowest BCUT2D eigenvalue weighted by atomic mass is 10.1. The number of nitrogens with one attached hydrogen (secondary N) is 4. The Morgan fingerprint density at radius 1 is 1.03 bits per heavy atom. The van der Waals surface area contributed by atoms with Crippen molar-refractivity contribution in [1.82, 2.24) is 30.8 Å². The van der Waals surface area contributed by atoms with Gasteiger partial charge >= 0.3 is 0 Å². The van der Waals surface area contributed by atoms with E-state index in [-0.39, 0.29) is 10.7 Å². The van der Waals surface area contributed by atoms with Crippen LogP contribution in [0.1, 0.15) is 26.4 Å². The molecule has 0 spiro atoms. The molecule has 0 saturated carbocycles. The number of anilines is 2. The molecule has 0 aliphatic heterocycles. The summed E-state index contributed by atoms with van der Waals surface area (Å²) in [4.78, 5) is 40.2. The number of hydrazine groups is 1. The quantitative estimate of drug-likeness (QED) is 0.346. The Morgan fingerprint density at radius 3 is 2.62 bits per heavy atom. The van der Waals surface area contributed by atoms with E-state index in [1.807, 2.05) is 19.1 Å². The molecule has 0 bridgehead atoms. The molecule has 0 atom stereocenters. The number of amides is 2. The number of aromatic amines is 1. The fourth-order valence-corrected chi connectivity index (χ4v) is 3.09. The second kappa shape index (κ2) is 9.27. The molecule has 9 nitrogen and oxygen atoms in total. The number of benzene rings is 1. The van der Waals surface area contributed by atoms with Gasteiger partial charge in [0.15, 0.2) is 0 Å². The number of H-pyrrole nitrogens is 1. The number of hydrogen-bond acceptors (Lipinski definition) is 6. The number of aromatic nitrogens is 4. The summed E-state index contributed by atoms with van der Waals surface area (Å²) in [6.45, 7) is 1.89. The molecule has 4 aromatic rings. The van der Waals surface area contributed by atoms with Crippen LogP contribution in [0.3, 0.4) is 0 Å². The van der Waals surface area contributed by atoms with Crippen LogP contribution >= 0.6 is 11.6 Å². The molecule has 0 aliphatic rings. The highest BCUT2D eigenvalue weighted by atomic mass is 35.5. The van der Waals surface area contributed by atoms with Crippen molar-refractivity contribution >= 4 is 35.1 Å². The Kier molecular flexibility index (Phi) is 6.09. The minimum Gasteiger partial charge on any atom is -0.356 e. The van der Waals surface area contributed by atoms with Gasteiger partial charge < -0.3 is 10.3 Å². The van der Waals surface area contributed by atoms with Crippen LogP contribution in [-0.2, 0) is 0 Å². The van der Waals surface area contributed by atoms with Gasteiger partial charge in [0.1, 0.15) is 5.69 Å². The van der Waals surface area contributed by atoms with Crippen molar-refractivity contribution in [3.05, 3.63) is 89.1 Å². The highest BCUT2D eigenvalue weighted by Gasteiger charge is 2.14. The second-order valence-corrected chi connectivity index (χ2v) is 7.18. The SMILES string of the molecule is Cc1ccc(C(=O)NNC(=O)c2[nH]ccc2Cl)cc1Nc1nccc(-c2cccnc2)n1. The fraction of sp³-hybridized carbons (Fsp3) is 0.0455. The maximum Gasteiger partial charge on any atom is 0.287 e. The van der Waals surface area contributed by atoms with Gasteiger partial charge in [-0.2, -0.15) is 0 Å². The molecule has 0 saturated heterocycles. The lowest BCUT2D eigenvalue weighted by molar-refractivity contribution is 0.0844. The van der Waals surface area contributed by atoms with E-state index in [4.69, 9.17) is 11.6 Å². The molecular formula is C22H18ClN7O2. The van der Waals surface area contributed by atoms with Gasteiger partial charge in [0.2, 0.25) is 5.95 Å². The van der Waals surface area contributed by atoms with Gasteiger partial charge in [-0.25, -0.2) is 9.97 Å². The van der Waals surface area contributed by atoms with E-state index in [0.29, 0.717) is 22.9 Å². The molecule has 3 heterocycles. The summed E-state index contributed by atoms with van der Waals surface area (Å²) in [5, 5.41) is 3.40. The van der Waals surface area contributed by atoms with Crippen LogP contribution in [0.5, 0.6) is 0 Å². The molecule has 2 amide bonds. The van der Waals surface area contributed by atoms with Gasteiger partial charge in [0, 0.05) is 41.6 Å². The molecule has 3 aromatic heterocycles. The summed E-state index contributed by atoms with van der Waals surface area (Å²) in [5.41, 5.74) is 8.31. The van der Waals surface area contributed by atoms with E-state index in [2.05, 4.69) is 36.1 Å². The Labute approximate surface area is 188 Å². The lowest BCUT2D eigenvalue weighted by Crippen LogP contribution is -2.41. The molecule has 4 rings (SSSR count). The number of halogens is 1. The summed E-state index contributed by atoms with van der Waals surface area (Å²) in [6, 6.07) is 12.2. The first kappa shape index (κ1) is 21.0. The minimum atomic E-state index is -0.556. The molecule has 32 heavy (non-hydrogen) atoms. The standard InChI is InChI=1S/C22H18ClN7O2/c1-13-4-5-14(20(31)29-30-21(32)19-16(23)6-9-25-19)11-18(13)28-22-26-10-7-17(27-22)15-3-2-8-24-12-15/h2-12,25H,1H3,(H,29,31)(H,30,32)(H,26,27,28). The molecule has 4 N–H and O–H groups in total. The first-order valence-corrected chi connectivity index (χ1v) is 9.94. The highest BCUT2D eigenvalue weighted by Crippen LogP contribution is 2.22. The summed E-state index contributed by atoms with van der Waals surface area (Å²) < 4.78 is 0. The molecule has 10 heteroatoms. The number of rotatable bonds is 5. The van der Waals surface area contributed by atoms with Crippen LogP contribution in [-0.4, -0.2) is 31.8 Å². The van der Waals surface area contributed by atoms with Crippen LogP contribution in [0.25, 0.3) is 11.3 Å². The van der Waals surface area contributed by atoms with Crippen molar-refractivity contribution < 1.29 is 9.59 Å². The van der Waals surface area contributed by atoms with Gasteiger partial charge in [0.05, 0.1) is 10.7 Å². The lowest BCUT2D eigenvalue weighted by Gasteiger charge is -2.12. The van der Waals surface area contributed by atoms with Gasteiger partial charge in [-0.15, -0.1) is 0 Å². The molecule has 1 aromatic carbocycles. The van der Waals surface area contributed by atoms with Crippen molar-refractivity contribution in [1.29, 1.82) is 0 Å². The van der Waals surface area contributed by atoms with Crippen LogP contribution in [0.2, 0.25) is 5.02 Å². The number of nitrogens with zero attached hydrogens (tertiary/aromatic N) is 3. The van der Waals surface area contributed by atoms with E-state index in [0.717, 1.165) is 11.1 Å². The third kappa shape index (κ3) is 4.73. The summed E-state index contributed by atoms with van der Waals surface area (Å²) in [6.07, 6.45) is 6.59. The maximum absolute atomic E-state index is 12.5. The van der Waals surface area contributed by atoms with Crippen LogP contribution < -0.4 is 16.2 Å². The van der Waals surface area contributed by atoms with Gasteiger partial charge in [-0.3, -0.25) is 25.4 Å². The van der Waals surface area contributed by atoms with Gasteiger partial charge in [-0.05, 0) is 48.9 Å². The van der Waals surface area contributed by atoms with Gasteiger partial charge in [0.25, 0.3) is 11.8 Å². The number of carbonyl (C=O) groups excluding carboxylic acids is 2. The van der Waals surface area contributed by atoms with Gasteiger partial charge in [-0.1, -0.05) is 17.7 Å². The third-order valence-corrected chi connectivity index (χ3v) is 4.89. The first-order chi connectivity index (χ1) is 15.5. The average Bonchev–Trinajstić information content (AvgIpc) is 3.25. The van der Waals surface area contributed by atoms with E-state index in [1.165, 1.54) is 6.20 Å². The molecular weight excluding hydrogens is 430 g/mol. The van der Waals surface area contributed by atoms with Crippen molar-refractivity contribution in [2.24, 2.45) is 0 Å². The number of carbonyl (C=O) groups is 2. The molecule has 160 valence electrons. The van der Waals surface area contributed by atoms with Crippen molar-refractivity contribution in [3.8, 4) is 11.3 Å². The zero-order valence-corrected chi connectivity index (χ0v) is 17.6. The van der Waals surface area contributed by atoms with Crippen LogP contribution in [0.15, 0.2) is 67.3 Å². The number of aryl methyl sites for hydroxylation is 1. The Balaban J connectivity index is 1.48. The Hall–Kier alpha value is -4.24. The number of hydrogen-bond donors (Lipinski definition) is 4. The first-order valence-electron chi connectivity index (χ1n) is 9.56. The fourth-order valence-electron chi connectivity index (χ4n) is 2.88. The smallest absolute Gasteiger partial charge is 0.287 e. The van der Waals surface area contributed by atoms with E-state index < -0.39 is 11.8 Å². The van der Waals surface area contributed by atoms with Crippen molar-refractivity contribution in [2.45, 2.75) is 6.92 Å². The minimum absolute atomic E-state index is 0.156. The zero-order valence-electron chi connectivity index (χ0n) is 16.9. The van der Waals surface area contributed by atoms with Crippen LogP contribution in [0.4, 0.5) is 11.6 Å². The summed E-state index contributed by atoms with van der Waals surface area (Å²) in [5.74, 6) is -0.671. The summed E-state index contributed by atoms with van der Waals surface area (Å²) >= 11 is 5.90. The third-order valence-electron chi connectivity index (χ3n) is 4.57. The van der Waals surface area contributed by atoms with E-state index in [9.17, 15) is 9.59 Å². The topological polar surface area (TPSA) is 125 Å². The second-order valence-electron chi connectivity index (χ2n) is 6.77. The molecule has 0 radical (unpaired) electrons. The van der Waals surface area contributed by atoms with Crippen molar-refractivity contribution in [3.63, 3.8) is 0 Å². The highest BCUT2D eigenvalue weighted by molar-refractivity contribution is 6.33.